The van der Waals surface area contributed by atoms with Crippen molar-refractivity contribution < 1.29 is 23.3 Å². The maximum absolute atomic E-state index is 14.9. The minimum atomic E-state index is -0.430. The fourth-order valence-electron chi connectivity index (χ4n) is 3.58. The smallest absolute Gasteiger partial charge is 0.174 e. The van der Waals surface area contributed by atoms with E-state index < -0.39 is 11.9 Å². The van der Waals surface area contributed by atoms with Crippen molar-refractivity contribution in [1.82, 2.24) is 9.97 Å². The third-order valence-corrected chi connectivity index (χ3v) is 6.88. The Hall–Kier alpha value is -2.65. The fourth-order valence-corrected chi connectivity index (χ4v) is 5.19. The lowest BCUT2D eigenvalue weighted by Crippen LogP contribution is -2.22. The molecule has 0 saturated heterocycles. The predicted octanol–water partition coefficient (Wildman–Crippen LogP) is 4.72. The number of nitrogens with zero attached hydrogens (tertiary/aromatic N) is 2. The standard InChI is InChI=1S/C21H15FN2O4S2/c22-12-6-14-15(5-11(12)20-21-18(1-2-23-20)29-4-3-25-21)28-17(9-26-14)13-7-19-16(8-24-13)27-10-30-19/h1-2,5-8,17H,3-4,9-10H2. The van der Waals surface area contributed by atoms with Gasteiger partial charge in [-0.15, -0.1) is 11.8 Å². The maximum Gasteiger partial charge on any atom is 0.174 e. The number of ether oxygens (including phenoxy) is 4. The Morgan fingerprint density at radius 1 is 0.967 bits per heavy atom. The fraction of sp³-hybridized carbons (Fsp3) is 0.238. The van der Waals surface area contributed by atoms with Crippen molar-refractivity contribution >= 4 is 23.5 Å². The van der Waals surface area contributed by atoms with E-state index in [1.54, 1.807) is 42.0 Å². The van der Waals surface area contributed by atoms with Gasteiger partial charge in [0.2, 0.25) is 0 Å². The molecule has 0 N–H and O–H groups in total. The van der Waals surface area contributed by atoms with E-state index in [1.165, 1.54) is 6.07 Å². The monoisotopic (exact) mass is 442 g/mol. The molecule has 0 fully saturated rings. The first-order valence-electron chi connectivity index (χ1n) is 9.40. The number of halogens is 1. The molecule has 2 aromatic heterocycles. The van der Waals surface area contributed by atoms with E-state index in [9.17, 15) is 4.39 Å². The molecule has 30 heavy (non-hydrogen) atoms. The molecule has 5 heterocycles. The third kappa shape index (κ3) is 3.04. The van der Waals surface area contributed by atoms with Crippen LogP contribution in [0.15, 0.2) is 46.5 Å². The Labute approximate surface area is 180 Å². The van der Waals surface area contributed by atoms with Gasteiger partial charge in [-0.1, -0.05) is 11.8 Å². The molecule has 3 aromatic rings. The lowest BCUT2D eigenvalue weighted by atomic mass is 10.1. The van der Waals surface area contributed by atoms with Gasteiger partial charge in [-0.05, 0) is 18.2 Å². The average molecular weight is 442 g/mol. The molecule has 0 aliphatic carbocycles. The van der Waals surface area contributed by atoms with Gasteiger partial charge >= 0.3 is 0 Å². The van der Waals surface area contributed by atoms with Gasteiger partial charge in [0.1, 0.15) is 24.1 Å². The number of aromatic nitrogens is 2. The molecule has 0 spiro atoms. The van der Waals surface area contributed by atoms with Gasteiger partial charge in [0, 0.05) is 23.6 Å². The quantitative estimate of drug-likeness (QED) is 0.565. The second kappa shape index (κ2) is 7.24. The van der Waals surface area contributed by atoms with E-state index >= 15 is 0 Å². The molecule has 152 valence electrons. The molecule has 3 aliphatic rings. The maximum atomic E-state index is 14.9. The van der Waals surface area contributed by atoms with Crippen LogP contribution in [0.2, 0.25) is 0 Å². The summed E-state index contributed by atoms with van der Waals surface area (Å²) in [6.45, 7) is 0.818. The summed E-state index contributed by atoms with van der Waals surface area (Å²) in [6, 6.07) is 6.82. The van der Waals surface area contributed by atoms with E-state index in [0.29, 0.717) is 41.1 Å². The Bertz CT molecular complexity index is 1160. The molecule has 0 amide bonds. The number of fused-ring (bicyclic) bond motifs is 3. The second-order valence-electron chi connectivity index (χ2n) is 6.84. The second-order valence-corrected chi connectivity index (χ2v) is 8.94. The zero-order chi connectivity index (χ0) is 20.1. The van der Waals surface area contributed by atoms with Crippen LogP contribution >= 0.6 is 23.5 Å². The summed E-state index contributed by atoms with van der Waals surface area (Å²) in [5, 5.41) is 0. The third-order valence-electron chi connectivity index (χ3n) is 5.02. The normalized spacial score (nSPS) is 18.8. The molecule has 6 rings (SSSR count). The Kier molecular flexibility index (Phi) is 4.38. The summed E-state index contributed by atoms with van der Waals surface area (Å²) in [5.74, 6) is 3.23. The van der Waals surface area contributed by atoms with Crippen LogP contribution in [0.1, 0.15) is 11.8 Å². The summed E-state index contributed by atoms with van der Waals surface area (Å²) in [6.07, 6.45) is 2.98. The zero-order valence-corrected chi connectivity index (χ0v) is 17.2. The van der Waals surface area contributed by atoms with Gasteiger partial charge in [0.05, 0.1) is 28.3 Å². The van der Waals surface area contributed by atoms with Crippen LogP contribution in [-0.4, -0.2) is 34.9 Å². The van der Waals surface area contributed by atoms with E-state index in [1.807, 2.05) is 12.1 Å². The Balaban J connectivity index is 1.37. The van der Waals surface area contributed by atoms with Crippen molar-refractivity contribution in [2.75, 3.05) is 24.9 Å². The van der Waals surface area contributed by atoms with Gasteiger partial charge in [0.15, 0.2) is 29.1 Å². The predicted molar refractivity (Wildman–Crippen MR) is 110 cm³/mol. The first-order valence-corrected chi connectivity index (χ1v) is 11.4. The first-order chi connectivity index (χ1) is 14.8. The topological polar surface area (TPSA) is 62.7 Å². The number of benzene rings is 1. The number of pyridine rings is 2. The van der Waals surface area contributed by atoms with E-state index in [2.05, 4.69) is 9.97 Å². The summed E-state index contributed by atoms with van der Waals surface area (Å²) >= 11 is 3.29. The minimum absolute atomic E-state index is 0.252. The average Bonchev–Trinajstić information content (AvgIpc) is 3.26. The summed E-state index contributed by atoms with van der Waals surface area (Å²) < 4.78 is 38.2. The van der Waals surface area contributed by atoms with Crippen LogP contribution in [0.5, 0.6) is 23.0 Å². The summed E-state index contributed by atoms with van der Waals surface area (Å²) in [4.78, 5) is 10.8. The van der Waals surface area contributed by atoms with Crippen molar-refractivity contribution in [3.05, 3.63) is 48.2 Å². The summed E-state index contributed by atoms with van der Waals surface area (Å²) in [5.41, 5.74) is 1.54. The lowest BCUT2D eigenvalue weighted by molar-refractivity contribution is 0.0876. The Morgan fingerprint density at radius 2 is 1.93 bits per heavy atom. The number of hydrogen-bond acceptors (Lipinski definition) is 8. The highest BCUT2D eigenvalue weighted by molar-refractivity contribution is 7.99. The highest BCUT2D eigenvalue weighted by atomic mass is 32.2. The number of hydrogen-bond donors (Lipinski definition) is 0. The zero-order valence-electron chi connectivity index (χ0n) is 15.6. The highest BCUT2D eigenvalue weighted by Crippen LogP contribution is 2.45. The molecule has 1 unspecified atom stereocenters. The van der Waals surface area contributed by atoms with Crippen molar-refractivity contribution in [2.45, 2.75) is 15.9 Å². The SMILES string of the molecule is Fc1cc2c(cc1-c1nccc3c1OCCS3)OC(c1cc3c(cn1)OCS3)CO2. The van der Waals surface area contributed by atoms with E-state index in [-0.39, 0.29) is 6.61 Å². The lowest BCUT2D eigenvalue weighted by Gasteiger charge is -2.27. The van der Waals surface area contributed by atoms with Crippen molar-refractivity contribution in [3.8, 4) is 34.3 Å². The number of rotatable bonds is 2. The van der Waals surface area contributed by atoms with Crippen LogP contribution in [-0.2, 0) is 0 Å². The van der Waals surface area contributed by atoms with Gasteiger partial charge in [-0.2, -0.15) is 0 Å². The van der Waals surface area contributed by atoms with Crippen LogP contribution in [0, 0.1) is 5.82 Å². The van der Waals surface area contributed by atoms with Gasteiger partial charge in [-0.25, -0.2) is 4.39 Å². The van der Waals surface area contributed by atoms with Gasteiger partial charge in [-0.3, -0.25) is 9.97 Å². The molecular formula is C21H15FN2O4S2. The van der Waals surface area contributed by atoms with Crippen molar-refractivity contribution in [3.63, 3.8) is 0 Å². The number of thioether (sulfide) groups is 2. The molecule has 3 aliphatic heterocycles. The first kappa shape index (κ1) is 18.1. The molecule has 6 nitrogen and oxygen atoms in total. The van der Waals surface area contributed by atoms with Crippen LogP contribution in [0.3, 0.4) is 0 Å². The highest BCUT2D eigenvalue weighted by Gasteiger charge is 2.29. The van der Waals surface area contributed by atoms with Crippen molar-refractivity contribution in [1.29, 1.82) is 0 Å². The largest absolute Gasteiger partial charge is 0.489 e. The molecular weight excluding hydrogens is 427 g/mol. The van der Waals surface area contributed by atoms with Crippen LogP contribution < -0.4 is 18.9 Å². The minimum Gasteiger partial charge on any atom is -0.489 e. The van der Waals surface area contributed by atoms with Gasteiger partial charge < -0.3 is 18.9 Å². The van der Waals surface area contributed by atoms with Crippen LogP contribution in [0.4, 0.5) is 4.39 Å². The molecule has 1 atom stereocenters. The van der Waals surface area contributed by atoms with Crippen LogP contribution in [0.25, 0.3) is 11.3 Å². The Morgan fingerprint density at radius 3 is 2.90 bits per heavy atom. The molecule has 0 radical (unpaired) electrons. The molecule has 0 bridgehead atoms. The van der Waals surface area contributed by atoms with Gasteiger partial charge in [0.25, 0.3) is 0 Å². The van der Waals surface area contributed by atoms with E-state index in [0.717, 1.165) is 27.0 Å². The summed E-state index contributed by atoms with van der Waals surface area (Å²) in [7, 11) is 0. The van der Waals surface area contributed by atoms with E-state index in [4.69, 9.17) is 18.9 Å². The molecule has 9 heteroatoms. The van der Waals surface area contributed by atoms with Crippen molar-refractivity contribution in [2.24, 2.45) is 0 Å². The molecule has 0 saturated carbocycles. The molecule has 1 aromatic carbocycles.